The molecule has 0 radical (unpaired) electrons. The zero-order valence-electron chi connectivity index (χ0n) is 17.3. The number of nitrogens with one attached hydrogen (secondary N) is 1. The number of hydrogen-bond donors (Lipinski definition) is 1. The lowest BCUT2D eigenvalue weighted by Gasteiger charge is -2.31. The van der Waals surface area contributed by atoms with Crippen LogP contribution in [0.1, 0.15) is 48.0 Å². The molecule has 0 atom stereocenters. The molecule has 1 aliphatic heterocycles. The molecule has 9 nitrogen and oxygen atoms in total. The van der Waals surface area contributed by atoms with Gasteiger partial charge in [0.25, 0.3) is 5.91 Å². The van der Waals surface area contributed by atoms with E-state index in [1.165, 1.54) is 11.3 Å². The Morgan fingerprint density at radius 1 is 1.26 bits per heavy atom. The molecule has 2 aromatic heterocycles. The van der Waals surface area contributed by atoms with Crippen LogP contribution >= 0.6 is 11.3 Å². The smallest absolute Gasteiger partial charge is 0.410 e. The number of thiazole rings is 1. The van der Waals surface area contributed by atoms with Crippen molar-refractivity contribution in [1.29, 1.82) is 0 Å². The summed E-state index contributed by atoms with van der Waals surface area (Å²) in [5, 5.41) is 2.78. The lowest BCUT2D eigenvalue weighted by Crippen LogP contribution is -2.39. The number of sulfone groups is 1. The van der Waals surface area contributed by atoms with E-state index >= 15 is 0 Å². The largest absolute Gasteiger partial charge is 0.447 e. The van der Waals surface area contributed by atoms with Crippen LogP contribution in [0.5, 0.6) is 0 Å². The summed E-state index contributed by atoms with van der Waals surface area (Å²) in [5.41, 5.74) is -0.513. The highest BCUT2D eigenvalue weighted by atomic mass is 32.2. The van der Waals surface area contributed by atoms with Gasteiger partial charge >= 0.3 is 6.09 Å². The number of hydrogen-bond acceptors (Lipinski definition) is 8. The van der Waals surface area contributed by atoms with Gasteiger partial charge in [0.1, 0.15) is 0 Å². The summed E-state index contributed by atoms with van der Waals surface area (Å²) in [7, 11) is -3.63. The Morgan fingerprint density at radius 3 is 2.52 bits per heavy atom. The number of amides is 2. The Hall–Kier alpha value is -2.60. The summed E-state index contributed by atoms with van der Waals surface area (Å²) in [4.78, 5) is 34.5. The van der Waals surface area contributed by atoms with Gasteiger partial charge in [-0.3, -0.25) is 10.1 Å². The van der Waals surface area contributed by atoms with Gasteiger partial charge in [0.05, 0.1) is 11.0 Å². The van der Waals surface area contributed by atoms with Crippen molar-refractivity contribution in [3.8, 4) is 0 Å². The number of halogens is 1. The van der Waals surface area contributed by atoms with E-state index in [4.69, 9.17) is 4.74 Å². The van der Waals surface area contributed by atoms with Crippen LogP contribution in [0.25, 0.3) is 0 Å². The van der Waals surface area contributed by atoms with Crippen molar-refractivity contribution in [2.75, 3.05) is 24.7 Å². The first kappa shape index (κ1) is 23.1. The highest BCUT2D eigenvalue weighted by Crippen LogP contribution is 2.33. The predicted molar refractivity (Wildman–Crippen MR) is 113 cm³/mol. The zero-order chi connectivity index (χ0) is 22.8. The van der Waals surface area contributed by atoms with Gasteiger partial charge in [-0.05, 0) is 38.7 Å². The summed E-state index contributed by atoms with van der Waals surface area (Å²) in [6.07, 6.45) is 4.53. The van der Waals surface area contributed by atoms with Gasteiger partial charge in [-0.1, -0.05) is 0 Å². The third-order valence-corrected chi connectivity index (χ3v) is 6.85. The predicted octanol–water partition coefficient (Wildman–Crippen LogP) is 3.06. The van der Waals surface area contributed by atoms with Gasteiger partial charge in [0.2, 0.25) is 0 Å². The van der Waals surface area contributed by atoms with Crippen molar-refractivity contribution in [3.05, 3.63) is 34.8 Å². The minimum absolute atomic E-state index is 0.167. The van der Waals surface area contributed by atoms with Crippen molar-refractivity contribution in [3.63, 3.8) is 0 Å². The number of piperidine rings is 1. The van der Waals surface area contributed by atoms with Crippen molar-refractivity contribution in [2.45, 2.75) is 43.6 Å². The van der Waals surface area contributed by atoms with Crippen LogP contribution in [0.15, 0.2) is 23.4 Å². The van der Waals surface area contributed by atoms with Gasteiger partial charge in [-0.25, -0.2) is 27.6 Å². The molecule has 3 rings (SSSR count). The van der Waals surface area contributed by atoms with Gasteiger partial charge in [0, 0.05) is 36.6 Å². The van der Waals surface area contributed by atoms with E-state index in [0.717, 1.165) is 36.2 Å². The van der Waals surface area contributed by atoms with E-state index in [1.807, 2.05) is 0 Å². The molecule has 1 aliphatic rings. The van der Waals surface area contributed by atoms with Crippen molar-refractivity contribution in [1.82, 2.24) is 14.9 Å². The fraction of sp³-hybridized carbons (Fsp3) is 0.474. The summed E-state index contributed by atoms with van der Waals surface area (Å²) in [6.45, 7) is 4.74. The van der Waals surface area contributed by atoms with Crippen LogP contribution in [-0.2, 0) is 14.6 Å². The SMILES string of the molecule is CC(C)OC(=O)N1CCC(c2cnc(NC(=O)c3ncc(S(C)(=O)=O)cc3F)s2)CC1. The van der Waals surface area contributed by atoms with Crippen LogP contribution in [0.2, 0.25) is 0 Å². The van der Waals surface area contributed by atoms with Gasteiger partial charge in [-0.2, -0.15) is 0 Å². The number of carbonyl (C=O) groups excluding carboxylic acids is 2. The molecule has 1 saturated heterocycles. The highest BCUT2D eigenvalue weighted by molar-refractivity contribution is 7.90. The Kier molecular flexibility index (Phi) is 6.90. The van der Waals surface area contributed by atoms with E-state index in [-0.39, 0.29) is 28.1 Å². The highest BCUT2D eigenvalue weighted by Gasteiger charge is 2.27. The second kappa shape index (κ2) is 9.27. The summed E-state index contributed by atoms with van der Waals surface area (Å²) >= 11 is 1.27. The molecule has 1 fully saturated rings. The molecule has 2 amide bonds. The van der Waals surface area contributed by atoms with E-state index in [9.17, 15) is 22.4 Å². The van der Waals surface area contributed by atoms with Crippen LogP contribution in [0, 0.1) is 5.82 Å². The first-order chi connectivity index (χ1) is 14.5. The Bertz CT molecular complexity index is 1080. The molecule has 0 saturated carbocycles. The third kappa shape index (κ3) is 5.76. The third-order valence-electron chi connectivity index (χ3n) is 4.70. The van der Waals surface area contributed by atoms with Crippen LogP contribution in [-0.4, -0.2) is 60.7 Å². The Balaban J connectivity index is 1.61. The lowest BCUT2D eigenvalue weighted by molar-refractivity contribution is 0.0693. The summed E-state index contributed by atoms with van der Waals surface area (Å²) in [6, 6.07) is 0.766. The van der Waals surface area contributed by atoms with Crippen molar-refractivity contribution < 1.29 is 27.1 Å². The molecule has 1 N–H and O–H groups in total. The van der Waals surface area contributed by atoms with E-state index in [1.54, 1.807) is 24.9 Å². The topological polar surface area (TPSA) is 119 Å². The standard InChI is InChI=1S/C19H23FN4O5S2/c1-11(2)29-19(26)24-6-4-12(5-7-24)15-10-22-18(30-15)23-17(25)16-14(20)8-13(9-21-16)31(3,27)28/h8-12H,4-7H2,1-3H3,(H,22,23,25). The molecule has 0 aliphatic carbocycles. The number of likely N-dealkylation sites (tertiary alicyclic amines) is 1. The first-order valence-corrected chi connectivity index (χ1v) is 12.3. The monoisotopic (exact) mass is 470 g/mol. The molecule has 0 unspecified atom stereocenters. The van der Waals surface area contributed by atoms with Crippen LogP contribution < -0.4 is 5.32 Å². The van der Waals surface area contributed by atoms with Gasteiger partial charge < -0.3 is 9.64 Å². The summed E-state index contributed by atoms with van der Waals surface area (Å²) < 4.78 is 42.3. The van der Waals surface area contributed by atoms with Crippen molar-refractivity contribution >= 4 is 38.3 Å². The number of pyridine rings is 1. The molecule has 0 aromatic carbocycles. The van der Waals surface area contributed by atoms with E-state index in [2.05, 4.69) is 15.3 Å². The molecular formula is C19H23FN4O5S2. The minimum Gasteiger partial charge on any atom is -0.447 e. The van der Waals surface area contributed by atoms with Gasteiger partial charge in [0.15, 0.2) is 26.5 Å². The molecule has 0 spiro atoms. The van der Waals surface area contributed by atoms with E-state index < -0.39 is 27.3 Å². The van der Waals surface area contributed by atoms with Crippen LogP contribution in [0.3, 0.4) is 0 Å². The molecule has 31 heavy (non-hydrogen) atoms. The maximum atomic E-state index is 14.2. The van der Waals surface area contributed by atoms with Crippen LogP contribution in [0.4, 0.5) is 14.3 Å². The molecule has 12 heteroatoms. The van der Waals surface area contributed by atoms with E-state index in [0.29, 0.717) is 13.1 Å². The molecular weight excluding hydrogens is 447 g/mol. The maximum absolute atomic E-state index is 14.2. The number of aromatic nitrogens is 2. The average molecular weight is 471 g/mol. The molecule has 2 aromatic rings. The fourth-order valence-electron chi connectivity index (χ4n) is 3.10. The number of anilines is 1. The van der Waals surface area contributed by atoms with Crippen molar-refractivity contribution in [2.24, 2.45) is 0 Å². The number of nitrogens with zero attached hydrogens (tertiary/aromatic N) is 3. The molecule has 3 heterocycles. The maximum Gasteiger partial charge on any atom is 0.410 e. The number of ether oxygens (including phenoxy) is 1. The Labute approximate surface area is 183 Å². The molecule has 0 bridgehead atoms. The second-order valence-corrected chi connectivity index (χ2v) is 10.6. The summed E-state index contributed by atoms with van der Waals surface area (Å²) in [5.74, 6) is -1.65. The second-order valence-electron chi connectivity index (χ2n) is 7.49. The number of rotatable bonds is 5. The average Bonchev–Trinajstić information content (AvgIpc) is 3.15. The number of carbonyl (C=O) groups is 2. The van der Waals surface area contributed by atoms with Gasteiger partial charge in [-0.15, -0.1) is 11.3 Å². The minimum atomic E-state index is -3.63. The fourth-order valence-corrected chi connectivity index (χ4v) is 4.64. The normalized spacial score (nSPS) is 15.2. The Morgan fingerprint density at radius 2 is 1.94 bits per heavy atom. The molecule has 168 valence electrons. The lowest BCUT2D eigenvalue weighted by atomic mass is 9.96. The quantitative estimate of drug-likeness (QED) is 0.713. The zero-order valence-corrected chi connectivity index (χ0v) is 18.9. The first-order valence-electron chi connectivity index (χ1n) is 9.63.